The van der Waals surface area contributed by atoms with Gasteiger partial charge in [-0.3, -0.25) is 0 Å². The van der Waals surface area contributed by atoms with Gasteiger partial charge in [-0.05, 0) is 4.90 Å². The topological polar surface area (TPSA) is 37.4 Å². The van der Waals surface area contributed by atoms with Crippen molar-refractivity contribution < 1.29 is 29.5 Å². The number of rotatable bonds is 2. The average Bonchev–Trinajstić information content (AvgIpc) is 2.06. The first-order chi connectivity index (χ1) is 5.55. The quantitative estimate of drug-likeness (QED) is 0.723. The van der Waals surface area contributed by atoms with Crippen LogP contribution in [0, 0.1) is 6.07 Å². The zero-order valence-corrected chi connectivity index (χ0v) is 11.1. The van der Waals surface area contributed by atoms with E-state index in [9.17, 15) is 8.42 Å². The molecule has 72 valence electrons. The van der Waals surface area contributed by atoms with Gasteiger partial charge in [0.05, 0.1) is 0 Å². The molecule has 0 aliphatic rings. The third kappa shape index (κ3) is 2.90. The van der Waals surface area contributed by atoms with Crippen molar-refractivity contribution in [1.82, 2.24) is 4.31 Å². The Hall–Kier alpha value is -0.182. The Kier molecular flexibility index (Phi) is 4.82. The molecule has 13 heavy (non-hydrogen) atoms. The summed E-state index contributed by atoms with van der Waals surface area (Å²) >= 11 is 0. The molecule has 1 rings (SSSR count). The maximum Gasteiger partial charge on any atom is 0.219 e. The summed E-state index contributed by atoms with van der Waals surface area (Å²) in [5.41, 5.74) is 0. The van der Waals surface area contributed by atoms with Crippen LogP contribution in [0.15, 0.2) is 29.2 Å². The van der Waals surface area contributed by atoms with Crippen LogP contribution in [0.5, 0.6) is 0 Å². The van der Waals surface area contributed by atoms with E-state index in [1.807, 2.05) is 0 Å². The molecular weight excluding hydrogens is 358 g/mol. The molecule has 1 aromatic rings. The molecular formula is C8H10NO2SW-. The van der Waals surface area contributed by atoms with Gasteiger partial charge in [-0.15, -0.1) is 0 Å². The second kappa shape index (κ2) is 4.89. The van der Waals surface area contributed by atoms with Gasteiger partial charge < -0.3 is 0 Å². The van der Waals surface area contributed by atoms with E-state index >= 15 is 0 Å². The van der Waals surface area contributed by atoms with Crippen LogP contribution in [0.2, 0.25) is 0 Å². The fraction of sp³-hybridized carbons (Fsp3) is 0.250. The maximum atomic E-state index is 11.4. The number of sulfonamides is 1. The van der Waals surface area contributed by atoms with E-state index in [1.165, 1.54) is 30.5 Å². The fourth-order valence-corrected chi connectivity index (χ4v) is 1.66. The molecule has 0 atom stereocenters. The van der Waals surface area contributed by atoms with E-state index in [2.05, 4.69) is 6.07 Å². The third-order valence-corrected chi connectivity index (χ3v) is 3.30. The van der Waals surface area contributed by atoms with E-state index in [1.54, 1.807) is 12.1 Å². The predicted octanol–water partition coefficient (Wildman–Crippen LogP) is 0.735. The molecule has 0 heterocycles. The van der Waals surface area contributed by atoms with Crippen molar-refractivity contribution in [3.63, 3.8) is 0 Å². The largest absolute Gasteiger partial charge is 0.219 e. The van der Waals surface area contributed by atoms with Gasteiger partial charge in [0, 0.05) is 35.2 Å². The molecule has 0 radical (unpaired) electrons. The summed E-state index contributed by atoms with van der Waals surface area (Å²) in [7, 11) is -0.252. The van der Waals surface area contributed by atoms with Crippen LogP contribution in [0.1, 0.15) is 0 Å². The molecule has 0 saturated heterocycles. The van der Waals surface area contributed by atoms with Crippen molar-refractivity contribution in [2.75, 3.05) is 14.1 Å². The van der Waals surface area contributed by atoms with Crippen molar-refractivity contribution in [2.45, 2.75) is 4.90 Å². The summed E-state index contributed by atoms with van der Waals surface area (Å²) < 4.78 is 24.1. The van der Waals surface area contributed by atoms with Gasteiger partial charge in [-0.25, -0.2) is 12.7 Å². The Bertz CT molecular complexity index is 348. The van der Waals surface area contributed by atoms with Crippen LogP contribution in [-0.4, -0.2) is 26.8 Å². The maximum absolute atomic E-state index is 11.4. The molecule has 5 heteroatoms. The Morgan fingerprint density at radius 3 is 2.08 bits per heavy atom. The molecule has 0 aromatic heterocycles. The number of benzene rings is 1. The monoisotopic (exact) mass is 368 g/mol. The Labute approximate surface area is 93.1 Å². The molecule has 0 N–H and O–H groups in total. The van der Waals surface area contributed by atoms with Crippen LogP contribution < -0.4 is 0 Å². The smallest absolute Gasteiger partial charge is 0.209 e. The Morgan fingerprint density at radius 2 is 1.69 bits per heavy atom. The first kappa shape index (κ1) is 12.8. The minimum atomic E-state index is -3.26. The summed E-state index contributed by atoms with van der Waals surface area (Å²) in [5.74, 6) is 0. The molecule has 0 unspecified atom stereocenters. The Morgan fingerprint density at radius 1 is 1.23 bits per heavy atom. The summed E-state index contributed by atoms with van der Waals surface area (Å²) in [4.78, 5) is 0.297. The van der Waals surface area contributed by atoms with E-state index < -0.39 is 10.0 Å². The van der Waals surface area contributed by atoms with Crippen molar-refractivity contribution in [1.29, 1.82) is 0 Å². The molecule has 0 bridgehead atoms. The van der Waals surface area contributed by atoms with Crippen molar-refractivity contribution >= 4 is 10.0 Å². The van der Waals surface area contributed by atoms with Gasteiger partial charge in [0.15, 0.2) is 0 Å². The number of hydrogen-bond donors (Lipinski definition) is 0. The molecule has 0 amide bonds. The first-order valence-corrected chi connectivity index (χ1v) is 4.88. The van der Waals surface area contributed by atoms with Gasteiger partial charge in [-0.2, -0.15) is 30.3 Å². The molecule has 1 aromatic carbocycles. The van der Waals surface area contributed by atoms with Crippen molar-refractivity contribution in [3.8, 4) is 0 Å². The van der Waals surface area contributed by atoms with E-state index in [-0.39, 0.29) is 21.1 Å². The minimum absolute atomic E-state index is 0. The molecule has 3 nitrogen and oxygen atoms in total. The predicted molar refractivity (Wildman–Crippen MR) is 46.2 cm³/mol. The van der Waals surface area contributed by atoms with Crippen molar-refractivity contribution in [2.24, 2.45) is 0 Å². The van der Waals surface area contributed by atoms with E-state index in [0.717, 1.165) is 0 Å². The van der Waals surface area contributed by atoms with Crippen molar-refractivity contribution in [3.05, 3.63) is 30.3 Å². The van der Waals surface area contributed by atoms with Crippen LogP contribution in [0.3, 0.4) is 0 Å². The second-order valence-corrected chi connectivity index (χ2v) is 4.67. The summed E-state index contributed by atoms with van der Waals surface area (Å²) in [6.07, 6.45) is 0. The van der Waals surface area contributed by atoms with E-state index in [4.69, 9.17) is 0 Å². The second-order valence-electron chi connectivity index (χ2n) is 2.52. The molecule has 0 aliphatic heterocycles. The normalized spacial score (nSPS) is 11.0. The molecule has 0 spiro atoms. The van der Waals surface area contributed by atoms with Gasteiger partial charge in [0.2, 0.25) is 10.0 Å². The van der Waals surface area contributed by atoms with E-state index in [0.29, 0.717) is 4.90 Å². The van der Waals surface area contributed by atoms with Gasteiger partial charge >= 0.3 is 0 Å². The number of nitrogens with zero attached hydrogens (tertiary/aromatic N) is 1. The average molecular weight is 368 g/mol. The fourth-order valence-electron chi connectivity index (χ4n) is 0.754. The summed E-state index contributed by atoms with van der Waals surface area (Å²) in [6.45, 7) is 0. The number of hydrogen-bond acceptors (Lipinski definition) is 2. The van der Waals surface area contributed by atoms with Crippen LogP contribution >= 0.6 is 0 Å². The third-order valence-electron chi connectivity index (χ3n) is 1.47. The molecule has 0 aliphatic carbocycles. The van der Waals surface area contributed by atoms with Gasteiger partial charge in [0.1, 0.15) is 0 Å². The van der Waals surface area contributed by atoms with Crippen LogP contribution in [0.4, 0.5) is 0 Å². The zero-order chi connectivity index (χ0) is 9.19. The minimum Gasteiger partial charge on any atom is -0.209 e. The summed E-state index contributed by atoms with van der Waals surface area (Å²) in [6, 6.07) is 8.97. The summed E-state index contributed by atoms with van der Waals surface area (Å²) in [5, 5.41) is 0. The van der Waals surface area contributed by atoms with Gasteiger partial charge in [0.25, 0.3) is 0 Å². The van der Waals surface area contributed by atoms with Crippen LogP contribution in [0.25, 0.3) is 0 Å². The Balaban J connectivity index is 0.00000144. The zero-order valence-electron chi connectivity index (χ0n) is 7.39. The molecule has 0 fully saturated rings. The van der Waals surface area contributed by atoms with Crippen LogP contribution in [-0.2, 0) is 31.1 Å². The SMILES string of the molecule is CN(C)S(=O)(=O)c1cc[c-]cc1.[W]. The molecule has 0 saturated carbocycles. The first-order valence-electron chi connectivity index (χ1n) is 3.44. The van der Waals surface area contributed by atoms with Gasteiger partial charge in [-0.1, -0.05) is 0 Å². The standard InChI is InChI=1S/C8H10NO2S.W/c1-9(2)12(10,11)8-6-4-3-5-7-8;/h4-7H,1-2H3;/q-1;.